The molecule has 1 aliphatic carbocycles. The molecule has 1 aromatic rings. The highest BCUT2D eigenvalue weighted by Crippen LogP contribution is 2.18. The normalized spacial score (nSPS) is 24.3. The quantitative estimate of drug-likeness (QED) is 0.886. The predicted molar refractivity (Wildman–Crippen MR) is 78.6 cm³/mol. The average Bonchev–Trinajstić information content (AvgIpc) is 3.12. The molecule has 116 valence electrons. The molecular weight excluding hydrogens is 268 g/mol. The number of hydrogen-bond donors (Lipinski definition) is 1. The second kappa shape index (κ2) is 6.58. The number of carbonyl (C=O) groups excluding carboxylic acids is 1. The van der Waals surface area contributed by atoms with Crippen LogP contribution < -0.4 is 5.32 Å². The van der Waals surface area contributed by atoms with Gasteiger partial charge in [-0.3, -0.25) is 14.4 Å². The van der Waals surface area contributed by atoms with Crippen molar-refractivity contribution in [1.29, 1.82) is 0 Å². The van der Waals surface area contributed by atoms with Crippen LogP contribution in [0.1, 0.15) is 31.4 Å². The van der Waals surface area contributed by atoms with E-state index in [2.05, 4.69) is 15.3 Å². The van der Waals surface area contributed by atoms with E-state index in [1.807, 2.05) is 17.8 Å². The predicted octanol–water partition coefficient (Wildman–Crippen LogP) is 0.680. The first-order valence-electron chi connectivity index (χ1n) is 7.83. The first-order chi connectivity index (χ1) is 10.2. The van der Waals surface area contributed by atoms with Gasteiger partial charge in [-0.05, 0) is 18.9 Å². The molecule has 6 heteroatoms. The maximum absolute atomic E-state index is 12.3. The topological polar surface area (TPSA) is 59.4 Å². The van der Waals surface area contributed by atoms with Crippen molar-refractivity contribution in [1.82, 2.24) is 20.0 Å². The Balaban J connectivity index is 1.52. The fraction of sp³-hybridized carbons (Fsp3) is 0.733. The van der Waals surface area contributed by atoms with E-state index in [-0.39, 0.29) is 12.0 Å². The Kier molecular flexibility index (Phi) is 4.55. The Bertz CT molecular complexity index is 482. The Morgan fingerprint density at radius 1 is 1.48 bits per heavy atom. The molecule has 0 bridgehead atoms. The summed E-state index contributed by atoms with van der Waals surface area (Å²) >= 11 is 0. The summed E-state index contributed by atoms with van der Waals surface area (Å²) in [4.78, 5) is 14.6. The third-order valence-electron chi connectivity index (χ3n) is 4.45. The summed E-state index contributed by atoms with van der Waals surface area (Å²) in [5.41, 5.74) is 1.16. The molecule has 2 fully saturated rings. The van der Waals surface area contributed by atoms with Crippen LogP contribution in [0.2, 0.25) is 0 Å². The molecule has 1 amide bonds. The molecule has 2 aliphatic rings. The molecule has 1 saturated carbocycles. The van der Waals surface area contributed by atoms with Gasteiger partial charge in [0.15, 0.2) is 0 Å². The van der Waals surface area contributed by atoms with E-state index in [4.69, 9.17) is 4.74 Å². The number of hydrogen-bond acceptors (Lipinski definition) is 4. The summed E-state index contributed by atoms with van der Waals surface area (Å²) < 4.78 is 7.53. The average molecular weight is 292 g/mol. The molecule has 0 unspecified atom stereocenters. The molecule has 1 atom stereocenters. The molecule has 0 radical (unpaired) electrons. The molecule has 6 nitrogen and oxygen atoms in total. The molecule has 0 spiro atoms. The van der Waals surface area contributed by atoms with E-state index in [9.17, 15) is 4.79 Å². The highest BCUT2D eigenvalue weighted by atomic mass is 16.5. The van der Waals surface area contributed by atoms with Crippen LogP contribution in [-0.2, 0) is 23.1 Å². The monoisotopic (exact) mass is 292 g/mol. The van der Waals surface area contributed by atoms with Gasteiger partial charge in [0.1, 0.15) is 6.10 Å². The lowest BCUT2D eigenvalue weighted by Gasteiger charge is -2.32. The van der Waals surface area contributed by atoms with E-state index in [0.29, 0.717) is 19.2 Å². The van der Waals surface area contributed by atoms with Crippen molar-refractivity contribution in [2.45, 2.75) is 44.4 Å². The van der Waals surface area contributed by atoms with Crippen molar-refractivity contribution in [2.75, 3.05) is 19.7 Å². The van der Waals surface area contributed by atoms with Crippen molar-refractivity contribution in [3.05, 3.63) is 18.0 Å². The van der Waals surface area contributed by atoms with Crippen LogP contribution in [0.15, 0.2) is 12.3 Å². The van der Waals surface area contributed by atoms with Gasteiger partial charge >= 0.3 is 0 Å². The zero-order chi connectivity index (χ0) is 14.7. The second-order valence-corrected chi connectivity index (χ2v) is 6.03. The summed E-state index contributed by atoms with van der Waals surface area (Å²) in [6.07, 6.45) is 6.13. The van der Waals surface area contributed by atoms with Crippen LogP contribution in [0.25, 0.3) is 0 Å². The van der Waals surface area contributed by atoms with E-state index in [1.54, 1.807) is 6.20 Å². The maximum atomic E-state index is 12.3. The number of nitrogens with zero attached hydrogens (tertiary/aromatic N) is 3. The van der Waals surface area contributed by atoms with Crippen LogP contribution in [-0.4, -0.2) is 52.4 Å². The second-order valence-electron chi connectivity index (χ2n) is 6.03. The molecule has 0 aromatic carbocycles. The van der Waals surface area contributed by atoms with E-state index >= 15 is 0 Å². The highest BCUT2D eigenvalue weighted by Gasteiger charge is 2.29. The summed E-state index contributed by atoms with van der Waals surface area (Å²) in [6, 6.07) is 2.37. The van der Waals surface area contributed by atoms with Gasteiger partial charge in [0.05, 0.1) is 12.3 Å². The standard InChI is InChI=1S/C15H24N4O2/c1-18-13(6-7-16-18)10-19-8-9-21-14(11-19)15(20)17-12-4-2-3-5-12/h6-7,12,14H,2-5,8-11H2,1H3,(H,17,20)/t14-/m0/s1. The highest BCUT2D eigenvalue weighted by molar-refractivity contribution is 5.81. The molecule has 2 heterocycles. The van der Waals surface area contributed by atoms with Crippen LogP contribution in [0.5, 0.6) is 0 Å². The molecule has 1 aliphatic heterocycles. The first kappa shape index (κ1) is 14.5. The zero-order valence-corrected chi connectivity index (χ0v) is 12.6. The van der Waals surface area contributed by atoms with Crippen LogP contribution in [0.4, 0.5) is 0 Å². The number of carbonyl (C=O) groups is 1. The molecule has 3 rings (SSSR count). The minimum atomic E-state index is -0.340. The Morgan fingerprint density at radius 2 is 2.29 bits per heavy atom. The number of amides is 1. The lowest BCUT2D eigenvalue weighted by Crippen LogP contribution is -2.51. The summed E-state index contributed by atoms with van der Waals surface area (Å²) in [6.45, 7) is 2.94. The van der Waals surface area contributed by atoms with Gasteiger partial charge in [0.2, 0.25) is 0 Å². The minimum Gasteiger partial charge on any atom is -0.366 e. The van der Waals surface area contributed by atoms with Crippen molar-refractivity contribution in [3.8, 4) is 0 Å². The van der Waals surface area contributed by atoms with E-state index < -0.39 is 0 Å². The van der Waals surface area contributed by atoms with Crippen LogP contribution in [0, 0.1) is 0 Å². The molecule has 21 heavy (non-hydrogen) atoms. The van der Waals surface area contributed by atoms with Crippen molar-refractivity contribution >= 4 is 5.91 Å². The van der Waals surface area contributed by atoms with E-state index in [0.717, 1.165) is 31.6 Å². The molecular formula is C15H24N4O2. The summed E-state index contributed by atoms with van der Waals surface area (Å²) in [5, 5.41) is 7.32. The molecule has 1 N–H and O–H groups in total. The lowest BCUT2D eigenvalue weighted by atomic mass is 10.2. The fourth-order valence-corrected chi connectivity index (χ4v) is 3.15. The van der Waals surface area contributed by atoms with Gasteiger partial charge in [-0.15, -0.1) is 0 Å². The zero-order valence-electron chi connectivity index (χ0n) is 12.6. The first-order valence-corrected chi connectivity index (χ1v) is 7.83. The third kappa shape index (κ3) is 3.63. The fourth-order valence-electron chi connectivity index (χ4n) is 3.15. The van der Waals surface area contributed by atoms with Gasteiger partial charge in [0, 0.05) is 38.9 Å². The lowest BCUT2D eigenvalue weighted by molar-refractivity contribution is -0.139. The van der Waals surface area contributed by atoms with Gasteiger partial charge in [-0.25, -0.2) is 0 Å². The van der Waals surface area contributed by atoms with Crippen molar-refractivity contribution in [3.63, 3.8) is 0 Å². The number of ether oxygens (including phenoxy) is 1. The van der Waals surface area contributed by atoms with Gasteiger partial charge in [-0.1, -0.05) is 12.8 Å². The number of aryl methyl sites for hydroxylation is 1. The Morgan fingerprint density at radius 3 is 3.00 bits per heavy atom. The Hall–Kier alpha value is -1.40. The van der Waals surface area contributed by atoms with Crippen LogP contribution >= 0.6 is 0 Å². The van der Waals surface area contributed by atoms with Crippen molar-refractivity contribution in [2.24, 2.45) is 7.05 Å². The maximum Gasteiger partial charge on any atom is 0.250 e. The minimum absolute atomic E-state index is 0.0524. The number of morpholine rings is 1. The molecule has 1 saturated heterocycles. The number of nitrogens with one attached hydrogen (secondary N) is 1. The smallest absolute Gasteiger partial charge is 0.250 e. The SMILES string of the molecule is Cn1nccc1CN1CCO[C@H](C(=O)NC2CCCC2)C1. The summed E-state index contributed by atoms with van der Waals surface area (Å²) in [5.74, 6) is 0.0524. The molecule has 1 aromatic heterocycles. The number of rotatable bonds is 4. The Labute approximate surface area is 125 Å². The van der Waals surface area contributed by atoms with Crippen LogP contribution in [0.3, 0.4) is 0 Å². The van der Waals surface area contributed by atoms with Gasteiger partial charge in [0.25, 0.3) is 5.91 Å². The number of aromatic nitrogens is 2. The van der Waals surface area contributed by atoms with Gasteiger partial charge < -0.3 is 10.1 Å². The summed E-state index contributed by atoms with van der Waals surface area (Å²) in [7, 11) is 1.94. The van der Waals surface area contributed by atoms with Crippen molar-refractivity contribution < 1.29 is 9.53 Å². The third-order valence-corrected chi connectivity index (χ3v) is 4.45. The van der Waals surface area contributed by atoms with Gasteiger partial charge in [-0.2, -0.15) is 5.10 Å². The largest absolute Gasteiger partial charge is 0.366 e. The van der Waals surface area contributed by atoms with E-state index in [1.165, 1.54) is 12.8 Å².